The van der Waals surface area contributed by atoms with E-state index in [0.717, 1.165) is 18.4 Å². The van der Waals surface area contributed by atoms with Crippen molar-refractivity contribution in [1.82, 2.24) is 0 Å². The Labute approximate surface area is 114 Å². The van der Waals surface area contributed by atoms with Gasteiger partial charge in [-0.1, -0.05) is 43.7 Å². The molecule has 0 heterocycles. The molecule has 0 aliphatic heterocycles. The van der Waals surface area contributed by atoms with Crippen LogP contribution in [0, 0.1) is 11.7 Å². The number of hydrogen-bond donors (Lipinski definition) is 1. The normalized spacial score (nSPS) is 20.2. The van der Waals surface area contributed by atoms with E-state index >= 15 is 0 Å². The molecular formula is C15H21ClFN. The summed E-state index contributed by atoms with van der Waals surface area (Å²) in [5.74, 6) is 0.181. The summed E-state index contributed by atoms with van der Waals surface area (Å²) in [4.78, 5) is 0. The first-order valence-corrected chi connectivity index (χ1v) is 7.27. The van der Waals surface area contributed by atoms with Gasteiger partial charge in [-0.2, -0.15) is 0 Å². The molecule has 0 spiro atoms. The van der Waals surface area contributed by atoms with Crippen LogP contribution in [0.3, 0.4) is 0 Å². The van der Waals surface area contributed by atoms with Crippen LogP contribution in [-0.2, 0) is 0 Å². The number of benzene rings is 1. The lowest BCUT2D eigenvalue weighted by atomic mass is 9.83. The molecule has 3 heteroatoms. The molecule has 100 valence electrons. The van der Waals surface area contributed by atoms with E-state index in [1.165, 1.54) is 44.2 Å². The molecule has 0 amide bonds. The molecule has 2 N–H and O–H groups in total. The highest BCUT2D eigenvalue weighted by Crippen LogP contribution is 2.34. The van der Waals surface area contributed by atoms with E-state index in [9.17, 15) is 4.39 Å². The average Bonchev–Trinajstić information content (AvgIpc) is 2.31. The Morgan fingerprint density at radius 2 is 1.72 bits per heavy atom. The second-order valence-corrected chi connectivity index (χ2v) is 5.70. The lowest BCUT2D eigenvalue weighted by molar-refractivity contribution is 0.327. The average molecular weight is 270 g/mol. The summed E-state index contributed by atoms with van der Waals surface area (Å²) in [5, 5.41) is 0.589. The van der Waals surface area contributed by atoms with Gasteiger partial charge >= 0.3 is 0 Å². The van der Waals surface area contributed by atoms with E-state index in [1.807, 2.05) is 0 Å². The maximum atomic E-state index is 13.3. The molecule has 0 aromatic heterocycles. The number of nitrogens with two attached hydrogens (primary N) is 1. The van der Waals surface area contributed by atoms with Crippen LogP contribution in [0.15, 0.2) is 18.2 Å². The topological polar surface area (TPSA) is 26.0 Å². The fraction of sp³-hybridized carbons (Fsp3) is 0.600. The highest BCUT2D eigenvalue weighted by atomic mass is 35.5. The second kappa shape index (κ2) is 6.53. The Morgan fingerprint density at radius 1 is 1.11 bits per heavy atom. The van der Waals surface area contributed by atoms with Crippen molar-refractivity contribution in [2.24, 2.45) is 11.7 Å². The highest BCUT2D eigenvalue weighted by molar-refractivity contribution is 6.31. The third-order valence-corrected chi connectivity index (χ3v) is 4.32. The molecule has 1 aliphatic carbocycles. The Balaban J connectivity index is 2.12. The number of rotatable bonds is 2. The summed E-state index contributed by atoms with van der Waals surface area (Å²) in [6.45, 7) is 0. The Bertz CT molecular complexity index is 386. The van der Waals surface area contributed by atoms with Gasteiger partial charge in [0.2, 0.25) is 0 Å². The predicted octanol–water partition coefficient (Wildman–Crippen LogP) is 4.84. The zero-order valence-electron chi connectivity index (χ0n) is 10.7. The van der Waals surface area contributed by atoms with Crippen molar-refractivity contribution in [3.05, 3.63) is 34.6 Å². The van der Waals surface area contributed by atoms with E-state index < -0.39 is 0 Å². The van der Waals surface area contributed by atoms with Crippen LogP contribution in [0.2, 0.25) is 5.02 Å². The largest absolute Gasteiger partial charge is 0.324 e. The van der Waals surface area contributed by atoms with E-state index in [2.05, 4.69) is 0 Å². The molecule has 1 aromatic rings. The smallest absolute Gasteiger partial charge is 0.123 e. The van der Waals surface area contributed by atoms with Crippen molar-refractivity contribution in [3.63, 3.8) is 0 Å². The molecule has 1 aliphatic rings. The molecule has 18 heavy (non-hydrogen) atoms. The van der Waals surface area contributed by atoms with Gasteiger partial charge in [0.15, 0.2) is 0 Å². The minimum atomic E-state index is -0.254. The van der Waals surface area contributed by atoms with Gasteiger partial charge in [-0.05, 0) is 42.5 Å². The van der Waals surface area contributed by atoms with E-state index in [4.69, 9.17) is 17.3 Å². The second-order valence-electron chi connectivity index (χ2n) is 5.30. The van der Waals surface area contributed by atoms with E-state index in [0.29, 0.717) is 10.9 Å². The SMILES string of the molecule is NC(c1cc(F)ccc1Cl)C1CCCCCCC1. The van der Waals surface area contributed by atoms with Gasteiger partial charge in [0.05, 0.1) is 0 Å². The van der Waals surface area contributed by atoms with Gasteiger partial charge in [0.25, 0.3) is 0 Å². The van der Waals surface area contributed by atoms with Crippen molar-refractivity contribution in [1.29, 1.82) is 0 Å². The summed E-state index contributed by atoms with van der Waals surface area (Å²) in [5.41, 5.74) is 7.07. The zero-order chi connectivity index (χ0) is 13.0. The van der Waals surface area contributed by atoms with E-state index in [-0.39, 0.29) is 11.9 Å². The lowest BCUT2D eigenvalue weighted by Crippen LogP contribution is -2.23. The maximum Gasteiger partial charge on any atom is 0.123 e. The van der Waals surface area contributed by atoms with Crippen LogP contribution in [0.1, 0.15) is 56.6 Å². The molecule has 1 aromatic carbocycles. The third kappa shape index (κ3) is 3.46. The van der Waals surface area contributed by atoms with E-state index in [1.54, 1.807) is 6.07 Å². The van der Waals surface area contributed by atoms with Crippen LogP contribution in [0.5, 0.6) is 0 Å². The van der Waals surface area contributed by atoms with Crippen molar-refractivity contribution in [3.8, 4) is 0 Å². The fourth-order valence-electron chi connectivity index (χ4n) is 2.87. The molecule has 0 bridgehead atoms. The van der Waals surface area contributed by atoms with Gasteiger partial charge in [0.1, 0.15) is 5.82 Å². The number of hydrogen-bond acceptors (Lipinski definition) is 1. The summed E-state index contributed by atoms with van der Waals surface area (Å²) >= 11 is 6.14. The molecule has 1 atom stereocenters. The molecular weight excluding hydrogens is 249 g/mol. The third-order valence-electron chi connectivity index (χ3n) is 3.97. The summed E-state index contributed by atoms with van der Waals surface area (Å²) < 4.78 is 13.3. The van der Waals surface area contributed by atoms with Gasteiger partial charge in [0, 0.05) is 11.1 Å². The molecule has 2 rings (SSSR count). The molecule has 1 nitrogen and oxygen atoms in total. The first-order chi connectivity index (χ1) is 8.68. The molecule has 0 saturated heterocycles. The minimum absolute atomic E-state index is 0.133. The van der Waals surface area contributed by atoms with Crippen LogP contribution in [0.4, 0.5) is 4.39 Å². The number of halogens is 2. The van der Waals surface area contributed by atoms with Crippen molar-refractivity contribution < 1.29 is 4.39 Å². The maximum absolute atomic E-state index is 13.3. The van der Waals surface area contributed by atoms with Crippen LogP contribution < -0.4 is 5.73 Å². The Hall–Kier alpha value is -0.600. The fourth-order valence-corrected chi connectivity index (χ4v) is 3.11. The minimum Gasteiger partial charge on any atom is -0.324 e. The summed E-state index contributed by atoms with van der Waals surface area (Å²) in [7, 11) is 0. The van der Waals surface area contributed by atoms with Crippen molar-refractivity contribution >= 4 is 11.6 Å². The Morgan fingerprint density at radius 3 is 2.39 bits per heavy atom. The molecule has 1 unspecified atom stereocenters. The molecule has 1 fully saturated rings. The summed E-state index contributed by atoms with van der Waals surface area (Å²) in [6, 6.07) is 4.35. The summed E-state index contributed by atoms with van der Waals surface area (Å²) in [6.07, 6.45) is 8.64. The van der Waals surface area contributed by atoms with Gasteiger partial charge in [-0.15, -0.1) is 0 Å². The van der Waals surface area contributed by atoms with Crippen LogP contribution in [0.25, 0.3) is 0 Å². The predicted molar refractivity (Wildman–Crippen MR) is 74.1 cm³/mol. The van der Waals surface area contributed by atoms with Crippen molar-refractivity contribution in [2.75, 3.05) is 0 Å². The highest BCUT2D eigenvalue weighted by Gasteiger charge is 2.22. The van der Waals surface area contributed by atoms with Gasteiger partial charge in [-0.25, -0.2) is 4.39 Å². The lowest BCUT2D eigenvalue weighted by Gasteiger charge is -2.26. The van der Waals surface area contributed by atoms with Gasteiger partial charge < -0.3 is 5.73 Å². The van der Waals surface area contributed by atoms with Crippen LogP contribution in [-0.4, -0.2) is 0 Å². The molecule has 0 radical (unpaired) electrons. The van der Waals surface area contributed by atoms with Crippen molar-refractivity contribution in [2.45, 2.75) is 51.0 Å². The molecule has 1 saturated carbocycles. The first kappa shape index (κ1) is 13.8. The van der Waals surface area contributed by atoms with Gasteiger partial charge in [-0.3, -0.25) is 0 Å². The Kier molecular flexibility index (Phi) is 5.02. The zero-order valence-corrected chi connectivity index (χ0v) is 11.4. The first-order valence-electron chi connectivity index (χ1n) is 6.89. The van der Waals surface area contributed by atoms with Crippen LogP contribution >= 0.6 is 11.6 Å². The standard InChI is InChI=1S/C15H21ClFN/c16-14-9-8-12(17)10-13(14)15(18)11-6-4-2-1-3-5-7-11/h8-11,15H,1-7,18H2. The quantitative estimate of drug-likeness (QED) is 0.817. The monoisotopic (exact) mass is 269 g/mol.